The summed E-state index contributed by atoms with van der Waals surface area (Å²) < 4.78 is 0. The minimum absolute atomic E-state index is 0.0634. The molecule has 3 rings (SSSR count). The van der Waals surface area contributed by atoms with Crippen LogP contribution >= 0.6 is 0 Å². The Bertz CT molecular complexity index is 458. The van der Waals surface area contributed by atoms with Gasteiger partial charge in [0.25, 0.3) is 0 Å². The van der Waals surface area contributed by atoms with E-state index in [1.807, 2.05) is 0 Å². The number of hydrogen-bond acceptors (Lipinski definition) is 3. The molecule has 2 bridgehead atoms. The molecule has 88 valence electrons. The fourth-order valence-corrected chi connectivity index (χ4v) is 2.85. The third-order valence-corrected chi connectivity index (χ3v) is 3.74. The summed E-state index contributed by atoms with van der Waals surface area (Å²) in [5.74, 6) is 0.272. The Kier molecular flexibility index (Phi) is 2.42. The summed E-state index contributed by atoms with van der Waals surface area (Å²) in [7, 11) is 0. The van der Waals surface area contributed by atoms with Gasteiger partial charge in [0.05, 0.1) is 6.54 Å². The molecule has 4 nitrogen and oxygen atoms in total. The second kappa shape index (κ2) is 3.95. The standard InChI is InChI=1S/C13H14N2O2/c16-12(11-3-1-2-6-14-11)8-15-10-5-4-9(7-10)13(15)17/h1-3,6,9-10H,4-5,7-8H2. The number of aromatic nitrogens is 1. The molecular weight excluding hydrogens is 216 g/mol. The van der Waals surface area contributed by atoms with E-state index in [0.29, 0.717) is 11.7 Å². The molecule has 2 fully saturated rings. The van der Waals surface area contributed by atoms with Gasteiger partial charge in [-0.1, -0.05) is 6.07 Å². The van der Waals surface area contributed by atoms with Crippen molar-refractivity contribution < 1.29 is 9.59 Å². The molecule has 4 heteroatoms. The Balaban J connectivity index is 1.72. The van der Waals surface area contributed by atoms with Crippen LogP contribution in [0.25, 0.3) is 0 Å². The van der Waals surface area contributed by atoms with Crippen molar-refractivity contribution in [3.05, 3.63) is 30.1 Å². The third-order valence-electron chi connectivity index (χ3n) is 3.74. The van der Waals surface area contributed by atoms with Crippen LogP contribution in [0.3, 0.4) is 0 Å². The van der Waals surface area contributed by atoms with Gasteiger partial charge in [-0.2, -0.15) is 0 Å². The maximum Gasteiger partial charge on any atom is 0.226 e. The van der Waals surface area contributed by atoms with Gasteiger partial charge in [-0.05, 0) is 31.4 Å². The van der Waals surface area contributed by atoms with Gasteiger partial charge in [-0.3, -0.25) is 14.6 Å². The van der Waals surface area contributed by atoms with E-state index in [-0.39, 0.29) is 24.2 Å². The summed E-state index contributed by atoms with van der Waals surface area (Å²) in [6.45, 7) is 0.191. The predicted octanol–water partition coefficient (Wildman–Crippen LogP) is 1.28. The van der Waals surface area contributed by atoms with Crippen LogP contribution in [0.5, 0.6) is 0 Å². The number of pyridine rings is 1. The fourth-order valence-electron chi connectivity index (χ4n) is 2.85. The first-order valence-corrected chi connectivity index (χ1v) is 6.00. The third kappa shape index (κ3) is 1.73. The molecule has 0 radical (unpaired) electrons. The highest BCUT2D eigenvalue weighted by molar-refractivity contribution is 5.98. The first kappa shape index (κ1) is 10.4. The number of amides is 1. The first-order valence-electron chi connectivity index (χ1n) is 6.00. The van der Waals surface area contributed by atoms with Gasteiger partial charge < -0.3 is 4.90 Å². The van der Waals surface area contributed by atoms with Crippen LogP contribution in [-0.2, 0) is 4.79 Å². The van der Waals surface area contributed by atoms with Crippen LogP contribution < -0.4 is 0 Å². The van der Waals surface area contributed by atoms with Gasteiger partial charge in [0.1, 0.15) is 5.69 Å². The summed E-state index contributed by atoms with van der Waals surface area (Å²) in [6, 6.07) is 5.55. The van der Waals surface area contributed by atoms with E-state index in [4.69, 9.17) is 0 Å². The number of Topliss-reactive ketones (excluding diaryl/α,β-unsaturated/α-hetero) is 1. The molecule has 2 atom stereocenters. The Labute approximate surface area is 99.6 Å². The smallest absolute Gasteiger partial charge is 0.226 e. The lowest BCUT2D eigenvalue weighted by atomic mass is 10.1. The lowest BCUT2D eigenvalue weighted by Gasteiger charge is -2.26. The Morgan fingerprint density at radius 1 is 1.41 bits per heavy atom. The molecule has 1 aliphatic carbocycles. The lowest BCUT2D eigenvalue weighted by Crippen LogP contribution is -2.40. The zero-order valence-electron chi connectivity index (χ0n) is 9.50. The summed E-state index contributed by atoms with van der Waals surface area (Å²) in [6.07, 6.45) is 4.59. The molecule has 1 aromatic rings. The number of ketones is 1. The number of likely N-dealkylation sites (tertiary alicyclic amines) is 1. The molecule has 1 aliphatic heterocycles. The van der Waals surface area contributed by atoms with Crippen LogP contribution in [0, 0.1) is 5.92 Å². The Hall–Kier alpha value is -1.71. The quantitative estimate of drug-likeness (QED) is 0.735. The fraction of sp³-hybridized carbons (Fsp3) is 0.462. The number of carbonyl (C=O) groups is 2. The van der Waals surface area contributed by atoms with Crippen molar-refractivity contribution in [1.82, 2.24) is 9.88 Å². The van der Waals surface area contributed by atoms with Gasteiger partial charge >= 0.3 is 0 Å². The number of fused-ring (bicyclic) bond motifs is 2. The van der Waals surface area contributed by atoms with Gasteiger partial charge in [0, 0.05) is 18.2 Å². The summed E-state index contributed by atoms with van der Waals surface area (Å²) in [5.41, 5.74) is 0.447. The number of nitrogens with zero attached hydrogens (tertiary/aromatic N) is 2. The van der Waals surface area contributed by atoms with E-state index in [9.17, 15) is 9.59 Å². The molecule has 1 aromatic heterocycles. The van der Waals surface area contributed by atoms with Crippen LogP contribution in [0.15, 0.2) is 24.4 Å². The Morgan fingerprint density at radius 3 is 2.94 bits per heavy atom. The van der Waals surface area contributed by atoms with Crippen LogP contribution in [0.1, 0.15) is 29.8 Å². The van der Waals surface area contributed by atoms with Crippen molar-refractivity contribution in [2.45, 2.75) is 25.3 Å². The highest BCUT2D eigenvalue weighted by atomic mass is 16.2. The average molecular weight is 230 g/mol. The predicted molar refractivity (Wildman–Crippen MR) is 61.4 cm³/mol. The van der Waals surface area contributed by atoms with E-state index < -0.39 is 0 Å². The molecule has 1 saturated heterocycles. The molecule has 2 aliphatic rings. The second-order valence-corrected chi connectivity index (χ2v) is 4.77. The summed E-state index contributed by atoms with van der Waals surface area (Å²) >= 11 is 0. The van der Waals surface area contributed by atoms with Crippen molar-refractivity contribution >= 4 is 11.7 Å². The second-order valence-electron chi connectivity index (χ2n) is 4.77. The van der Waals surface area contributed by atoms with E-state index >= 15 is 0 Å². The molecule has 1 amide bonds. The van der Waals surface area contributed by atoms with Crippen LogP contribution in [0.4, 0.5) is 0 Å². The van der Waals surface area contributed by atoms with Gasteiger partial charge in [0.2, 0.25) is 5.91 Å². The lowest BCUT2D eigenvalue weighted by molar-refractivity contribution is -0.133. The highest BCUT2D eigenvalue weighted by Crippen LogP contribution is 2.38. The normalized spacial score (nSPS) is 26.6. The van der Waals surface area contributed by atoms with Crippen molar-refractivity contribution in [1.29, 1.82) is 0 Å². The molecule has 0 N–H and O–H groups in total. The molecule has 17 heavy (non-hydrogen) atoms. The maximum atomic E-state index is 12.0. The van der Waals surface area contributed by atoms with E-state index in [1.165, 1.54) is 0 Å². The number of hydrogen-bond donors (Lipinski definition) is 0. The molecule has 2 heterocycles. The van der Waals surface area contributed by atoms with E-state index in [2.05, 4.69) is 4.98 Å². The zero-order valence-corrected chi connectivity index (χ0v) is 9.50. The van der Waals surface area contributed by atoms with Crippen molar-refractivity contribution in [2.24, 2.45) is 5.92 Å². The number of piperidine rings is 1. The van der Waals surface area contributed by atoms with Crippen molar-refractivity contribution in [3.8, 4) is 0 Å². The topological polar surface area (TPSA) is 50.3 Å². The molecule has 1 saturated carbocycles. The summed E-state index contributed by atoms with van der Waals surface area (Å²) in [5, 5.41) is 0. The minimum Gasteiger partial charge on any atom is -0.332 e. The van der Waals surface area contributed by atoms with Gasteiger partial charge in [0.15, 0.2) is 5.78 Å². The molecular formula is C13H14N2O2. The molecule has 0 aromatic carbocycles. The summed E-state index contributed by atoms with van der Waals surface area (Å²) in [4.78, 5) is 29.6. The van der Waals surface area contributed by atoms with E-state index in [1.54, 1.807) is 29.3 Å². The SMILES string of the molecule is O=C(CN1C(=O)C2CCC1C2)c1ccccn1. The van der Waals surface area contributed by atoms with Gasteiger partial charge in [-0.25, -0.2) is 0 Å². The minimum atomic E-state index is -0.0634. The average Bonchev–Trinajstić information content (AvgIpc) is 2.94. The van der Waals surface area contributed by atoms with Crippen molar-refractivity contribution in [2.75, 3.05) is 6.54 Å². The number of carbonyl (C=O) groups excluding carboxylic acids is 2. The van der Waals surface area contributed by atoms with Crippen LogP contribution in [0.2, 0.25) is 0 Å². The van der Waals surface area contributed by atoms with Crippen molar-refractivity contribution in [3.63, 3.8) is 0 Å². The van der Waals surface area contributed by atoms with Gasteiger partial charge in [-0.15, -0.1) is 0 Å². The molecule has 0 spiro atoms. The largest absolute Gasteiger partial charge is 0.332 e. The van der Waals surface area contributed by atoms with Crippen LogP contribution in [-0.4, -0.2) is 34.2 Å². The zero-order chi connectivity index (χ0) is 11.8. The number of rotatable bonds is 3. The highest BCUT2D eigenvalue weighted by Gasteiger charge is 2.45. The first-order chi connectivity index (χ1) is 8.25. The maximum absolute atomic E-state index is 12.0. The van der Waals surface area contributed by atoms with E-state index in [0.717, 1.165) is 19.3 Å². The molecule has 2 unspecified atom stereocenters. The Morgan fingerprint density at radius 2 is 2.29 bits per heavy atom. The monoisotopic (exact) mass is 230 g/mol.